The van der Waals surface area contributed by atoms with Gasteiger partial charge in [-0.1, -0.05) is 0 Å². The first-order chi connectivity index (χ1) is 11.5. The summed E-state index contributed by atoms with van der Waals surface area (Å²) in [4.78, 5) is 14.0. The number of nitrogens with one attached hydrogen (secondary N) is 1. The van der Waals surface area contributed by atoms with Crippen molar-refractivity contribution in [3.63, 3.8) is 0 Å². The molecule has 1 aromatic carbocycles. The first-order valence-electron chi connectivity index (χ1n) is 7.37. The number of carbonyl (C=O) groups excluding carboxylic acids is 1. The molecular weight excluding hydrogens is 332 g/mol. The van der Waals surface area contributed by atoms with Crippen molar-refractivity contribution in [1.82, 2.24) is 20.3 Å². The highest BCUT2D eigenvalue weighted by Gasteiger charge is 2.40. The molecule has 0 bridgehead atoms. The van der Waals surface area contributed by atoms with Crippen LogP contribution in [-0.4, -0.2) is 53.0 Å². The molecule has 1 amide bonds. The van der Waals surface area contributed by atoms with Crippen molar-refractivity contribution in [2.75, 3.05) is 13.1 Å². The highest BCUT2D eigenvalue weighted by atomic mass is 32.2. The summed E-state index contributed by atoms with van der Waals surface area (Å²) < 4.78 is 29.7. The number of amides is 1. The number of furan rings is 1. The number of sulfone groups is 1. The fraction of sp³-hybridized carbons (Fsp3) is 0.267. The molecule has 4 rings (SSSR count). The van der Waals surface area contributed by atoms with E-state index in [0.717, 1.165) is 0 Å². The molecule has 1 fully saturated rings. The zero-order chi connectivity index (χ0) is 16.7. The van der Waals surface area contributed by atoms with E-state index in [4.69, 9.17) is 4.42 Å². The number of hydrogen-bond acceptors (Lipinski definition) is 6. The molecule has 0 spiro atoms. The van der Waals surface area contributed by atoms with Gasteiger partial charge in [-0.2, -0.15) is 15.4 Å². The topological polar surface area (TPSA) is 109 Å². The molecule has 0 unspecified atom stereocenters. The number of fused-ring (bicyclic) bond motifs is 1. The summed E-state index contributed by atoms with van der Waals surface area (Å²) in [5.41, 5.74) is 1.75. The maximum Gasteiger partial charge on any atom is 0.254 e. The fourth-order valence-electron chi connectivity index (χ4n) is 2.70. The van der Waals surface area contributed by atoms with Crippen LogP contribution in [0, 0.1) is 0 Å². The lowest BCUT2D eigenvalue weighted by atomic mass is 10.1. The lowest BCUT2D eigenvalue weighted by Crippen LogP contribution is -2.57. The normalized spacial score (nSPS) is 15.6. The first-order valence-corrected chi connectivity index (χ1v) is 9.08. The number of aromatic nitrogens is 3. The highest BCUT2D eigenvalue weighted by Crippen LogP contribution is 2.23. The Morgan fingerprint density at radius 2 is 2.04 bits per heavy atom. The summed E-state index contributed by atoms with van der Waals surface area (Å²) in [6.07, 6.45) is 1.45. The van der Waals surface area contributed by atoms with Crippen molar-refractivity contribution in [3.8, 4) is 0 Å². The second-order valence-electron chi connectivity index (χ2n) is 5.75. The summed E-state index contributed by atoms with van der Waals surface area (Å²) in [7, 11) is -3.34. The van der Waals surface area contributed by atoms with Gasteiger partial charge in [0.15, 0.2) is 9.84 Å². The van der Waals surface area contributed by atoms with Crippen molar-refractivity contribution in [2.24, 2.45) is 0 Å². The van der Waals surface area contributed by atoms with Gasteiger partial charge in [0.2, 0.25) is 0 Å². The van der Waals surface area contributed by atoms with Gasteiger partial charge >= 0.3 is 0 Å². The van der Waals surface area contributed by atoms with E-state index in [-0.39, 0.29) is 24.7 Å². The number of aromatic amines is 1. The molecule has 0 atom stereocenters. The molecule has 1 aliphatic heterocycles. The SMILES string of the molecule is O=C(c1ccc2n[nH]nc2c1)N1CC(S(=O)(=O)Cc2ccco2)C1. The number of likely N-dealkylation sites (tertiary alicyclic amines) is 1. The third kappa shape index (κ3) is 2.56. The Morgan fingerprint density at radius 3 is 2.79 bits per heavy atom. The minimum absolute atomic E-state index is 0.141. The second kappa shape index (κ2) is 5.45. The van der Waals surface area contributed by atoms with Gasteiger partial charge in [0, 0.05) is 18.7 Å². The number of H-pyrrole nitrogens is 1. The van der Waals surface area contributed by atoms with E-state index in [0.29, 0.717) is 22.4 Å². The zero-order valence-electron chi connectivity index (χ0n) is 12.5. The van der Waals surface area contributed by atoms with Gasteiger partial charge in [0.25, 0.3) is 5.91 Å². The molecule has 9 heteroatoms. The maximum atomic E-state index is 12.4. The summed E-state index contributed by atoms with van der Waals surface area (Å²) in [6, 6.07) is 8.30. The minimum Gasteiger partial charge on any atom is -0.468 e. The Morgan fingerprint density at radius 1 is 1.25 bits per heavy atom. The van der Waals surface area contributed by atoms with Gasteiger partial charge in [-0.15, -0.1) is 0 Å². The van der Waals surface area contributed by atoms with Gasteiger partial charge < -0.3 is 9.32 Å². The van der Waals surface area contributed by atoms with Crippen molar-refractivity contribution < 1.29 is 17.6 Å². The van der Waals surface area contributed by atoms with Crippen LogP contribution in [0.15, 0.2) is 41.0 Å². The van der Waals surface area contributed by atoms with Crippen LogP contribution < -0.4 is 0 Å². The lowest BCUT2D eigenvalue weighted by molar-refractivity contribution is 0.0659. The van der Waals surface area contributed by atoms with Crippen LogP contribution in [0.3, 0.4) is 0 Å². The third-order valence-electron chi connectivity index (χ3n) is 4.13. The molecule has 0 saturated carbocycles. The average Bonchev–Trinajstić information content (AvgIpc) is 3.14. The quantitative estimate of drug-likeness (QED) is 0.754. The first kappa shape index (κ1) is 14.9. The van der Waals surface area contributed by atoms with E-state index in [1.54, 1.807) is 30.3 Å². The van der Waals surface area contributed by atoms with E-state index in [1.807, 2.05) is 0 Å². The molecule has 0 aliphatic carbocycles. The smallest absolute Gasteiger partial charge is 0.254 e. The van der Waals surface area contributed by atoms with Crippen LogP contribution >= 0.6 is 0 Å². The number of rotatable bonds is 4. The van der Waals surface area contributed by atoms with E-state index >= 15 is 0 Å². The Bertz CT molecular complexity index is 988. The Hall–Kier alpha value is -2.68. The number of nitrogens with zero attached hydrogens (tertiary/aromatic N) is 3. The second-order valence-corrected chi connectivity index (χ2v) is 8.03. The standard InChI is InChI=1S/C15H14N4O4S/c20-15(10-3-4-13-14(6-10)17-18-16-13)19-7-12(8-19)24(21,22)9-11-2-1-5-23-11/h1-6,12H,7-9H2,(H,16,17,18). The van der Waals surface area contributed by atoms with Crippen LogP contribution in [0.25, 0.3) is 11.0 Å². The van der Waals surface area contributed by atoms with Crippen molar-refractivity contribution >= 4 is 26.8 Å². The van der Waals surface area contributed by atoms with Crippen molar-refractivity contribution in [2.45, 2.75) is 11.0 Å². The Kier molecular flexibility index (Phi) is 3.38. The number of benzene rings is 1. The van der Waals surface area contributed by atoms with E-state index < -0.39 is 15.1 Å². The van der Waals surface area contributed by atoms with Gasteiger partial charge in [0.1, 0.15) is 22.5 Å². The molecule has 124 valence electrons. The molecule has 3 aromatic rings. The van der Waals surface area contributed by atoms with Gasteiger partial charge in [-0.3, -0.25) is 4.79 Å². The molecule has 1 N–H and O–H groups in total. The highest BCUT2D eigenvalue weighted by molar-refractivity contribution is 7.91. The molecular formula is C15H14N4O4S. The fourth-order valence-corrected chi connectivity index (χ4v) is 4.31. The molecule has 0 radical (unpaired) electrons. The van der Waals surface area contributed by atoms with Gasteiger partial charge in [0.05, 0.1) is 11.5 Å². The average molecular weight is 346 g/mol. The molecule has 1 aliphatic rings. The summed E-state index contributed by atoms with van der Waals surface area (Å²) in [5.74, 6) is 0.0676. The van der Waals surface area contributed by atoms with Crippen molar-refractivity contribution in [3.05, 3.63) is 47.9 Å². The molecule has 8 nitrogen and oxygen atoms in total. The van der Waals surface area contributed by atoms with E-state index in [2.05, 4.69) is 15.4 Å². The summed E-state index contributed by atoms with van der Waals surface area (Å²) >= 11 is 0. The molecule has 3 heterocycles. The minimum atomic E-state index is -3.34. The van der Waals surface area contributed by atoms with Crippen LogP contribution in [0.5, 0.6) is 0 Å². The number of hydrogen-bond donors (Lipinski definition) is 1. The third-order valence-corrected chi connectivity index (χ3v) is 6.13. The predicted octanol–water partition coefficient (Wildman–Crippen LogP) is 0.990. The lowest BCUT2D eigenvalue weighted by Gasteiger charge is -2.38. The zero-order valence-corrected chi connectivity index (χ0v) is 13.4. The summed E-state index contributed by atoms with van der Waals surface area (Å²) in [5, 5.41) is 9.82. The van der Waals surface area contributed by atoms with Crippen LogP contribution in [0.4, 0.5) is 0 Å². The van der Waals surface area contributed by atoms with E-state index in [9.17, 15) is 13.2 Å². The maximum absolute atomic E-state index is 12.4. The summed E-state index contributed by atoms with van der Waals surface area (Å²) in [6.45, 7) is 0.386. The molecule has 2 aromatic heterocycles. The van der Waals surface area contributed by atoms with E-state index in [1.165, 1.54) is 11.2 Å². The van der Waals surface area contributed by atoms with Crippen LogP contribution in [0.2, 0.25) is 0 Å². The Balaban J connectivity index is 1.43. The molecule has 1 saturated heterocycles. The van der Waals surface area contributed by atoms with Crippen molar-refractivity contribution in [1.29, 1.82) is 0 Å². The van der Waals surface area contributed by atoms with Crippen LogP contribution in [0.1, 0.15) is 16.1 Å². The van der Waals surface area contributed by atoms with Crippen LogP contribution in [-0.2, 0) is 15.6 Å². The van der Waals surface area contributed by atoms with Gasteiger partial charge in [-0.05, 0) is 30.3 Å². The largest absolute Gasteiger partial charge is 0.468 e. The number of carbonyl (C=O) groups is 1. The Labute approximate surface area is 137 Å². The molecule has 24 heavy (non-hydrogen) atoms. The predicted molar refractivity (Wildman–Crippen MR) is 84.9 cm³/mol. The van der Waals surface area contributed by atoms with Gasteiger partial charge in [-0.25, -0.2) is 8.42 Å². The monoisotopic (exact) mass is 346 g/mol.